The summed E-state index contributed by atoms with van der Waals surface area (Å²) in [5, 5.41) is 7.86. The van der Waals surface area contributed by atoms with Crippen molar-refractivity contribution in [2.24, 2.45) is 11.7 Å². The van der Waals surface area contributed by atoms with Gasteiger partial charge in [-0.25, -0.2) is 4.79 Å². The van der Waals surface area contributed by atoms with Gasteiger partial charge >= 0.3 is 6.09 Å². The molecular weight excluding hydrogens is 478 g/mol. The molecular formula is C26H39N5O6. The van der Waals surface area contributed by atoms with Gasteiger partial charge in [-0.05, 0) is 45.1 Å². The molecule has 0 spiro atoms. The summed E-state index contributed by atoms with van der Waals surface area (Å²) in [6, 6.07) is 6.48. The lowest BCUT2D eigenvalue weighted by molar-refractivity contribution is -0.142. The number of benzene rings is 1. The normalized spacial score (nSPS) is 17.0. The van der Waals surface area contributed by atoms with E-state index in [-0.39, 0.29) is 18.9 Å². The highest BCUT2D eigenvalue weighted by Gasteiger charge is 2.39. The number of ether oxygens (including phenoxy) is 1. The van der Waals surface area contributed by atoms with E-state index >= 15 is 0 Å². The molecule has 5 amide bonds. The van der Waals surface area contributed by atoms with Crippen molar-refractivity contribution >= 4 is 29.7 Å². The topological polar surface area (TPSA) is 160 Å². The zero-order chi connectivity index (χ0) is 27.8. The third-order valence-electron chi connectivity index (χ3n) is 5.80. The quantitative estimate of drug-likeness (QED) is 0.360. The van der Waals surface area contributed by atoms with Gasteiger partial charge in [0.15, 0.2) is 0 Å². The first-order valence-corrected chi connectivity index (χ1v) is 12.5. The number of rotatable bonds is 10. The Hall–Kier alpha value is -3.63. The van der Waals surface area contributed by atoms with Crippen LogP contribution in [0.25, 0.3) is 0 Å². The van der Waals surface area contributed by atoms with Crippen LogP contribution < -0.4 is 21.7 Å². The molecule has 0 bridgehead atoms. The van der Waals surface area contributed by atoms with Gasteiger partial charge in [-0.1, -0.05) is 44.2 Å². The number of hydrogen-bond donors (Lipinski definition) is 4. The zero-order valence-corrected chi connectivity index (χ0v) is 22.2. The van der Waals surface area contributed by atoms with Gasteiger partial charge in [-0.15, -0.1) is 0 Å². The summed E-state index contributed by atoms with van der Waals surface area (Å²) in [4.78, 5) is 64.4. The number of carbonyl (C=O) groups excluding carboxylic acids is 5. The monoisotopic (exact) mass is 517 g/mol. The highest BCUT2D eigenvalue weighted by molar-refractivity contribution is 5.95. The molecule has 11 nitrogen and oxygen atoms in total. The lowest BCUT2D eigenvalue weighted by Crippen LogP contribution is -2.58. The first-order chi connectivity index (χ1) is 17.3. The Balaban J connectivity index is 2.19. The van der Waals surface area contributed by atoms with Crippen molar-refractivity contribution in [1.29, 1.82) is 0 Å². The second-order valence-electron chi connectivity index (χ2n) is 10.5. The molecule has 0 unspecified atom stereocenters. The molecule has 204 valence electrons. The van der Waals surface area contributed by atoms with Gasteiger partial charge in [-0.3, -0.25) is 19.2 Å². The van der Waals surface area contributed by atoms with Crippen molar-refractivity contribution in [2.75, 3.05) is 13.1 Å². The van der Waals surface area contributed by atoms with E-state index in [9.17, 15) is 24.0 Å². The van der Waals surface area contributed by atoms with E-state index in [1.165, 1.54) is 4.90 Å². The van der Waals surface area contributed by atoms with Crippen molar-refractivity contribution in [1.82, 2.24) is 20.9 Å². The lowest BCUT2D eigenvalue weighted by atomic mass is 10.00. The lowest BCUT2D eigenvalue weighted by Gasteiger charge is -2.31. The van der Waals surface area contributed by atoms with Gasteiger partial charge in [0.2, 0.25) is 23.6 Å². The van der Waals surface area contributed by atoms with Crippen LogP contribution in [0.1, 0.15) is 53.0 Å². The van der Waals surface area contributed by atoms with E-state index in [0.29, 0.717) is 19.4 Å². The van der Waals surface area contributed by atoms with Gasteiger partial charge in [-0.2, -0.15) is 0 Å². The summed E-state index contributed by atoms with van der Waals surface area (Å²) in [6.07, 6.45) is 0.482. The Labute approximate surface area is 217 Å². The van der Waals surface area contributed by atoms with Crippen LogP contribution in [0.5, 0.6) is 0 Å². The largest absolute Gasteiger partial charge is 0.444 e. The third-order valence-corrected chi connectivity index (χ3v) is 5.80. The number of likely N-dealkylation sites (tertiary alicyclic amines) is 1. The fourth-order valence-corrected chi connectivity index (χ4v) is 4.05. The van der Waals surface area contributed by atoms with Crippen LogP contribution >= 0.6 is 0 Å². The highest BCUT2D eigenvalue weighted by atomic mass is 16.6. The molecule has 0 aromatic heterocycles. The van der Waals surface area contributed by atoms with Crippen LogP contribution in [0.3, 0.4) is 0 Å². The van der Waals surface area contributed by atoms with Crippen molar-refractivity contribution in [2.45, 2.75) is 77.6 Å². The van der Waals surface area contributed by atoms with Crippen LogP contribution in [0.4, 0.5) is 4.79 Å². The summed E-state index contributed by atoms with van der Waals surface area (Å²) >= 11 is 0. The first kappa shape index (κ1) is 29.6. The number of primary amides is 1. The predicted molar refractivity (Wildman–Crippen MR) is 137 cm³/mol. The molecule has 1 aromatic rings. The van der Waals surface area contributed by atoms with Gasteiger partial charge in [0.1, 0.15) is 23.7 Å². The predicted octanol–water partition coefficient (Wildman–Crippen LogP) is 0.856. The van der Waals surface area contributed by atoms with Crippen LogP contribution in [-0.2, 0) is 30.3 Å². The molecule has 0 saturated carbocycles. The zero-order valence-electron chi connectivity index (χ0n) is 22.2. The third kappa shape index (κ3) is 9.40. The molecule has 37 heavy (non-hydrogen) atoms. The van der Waals surface area contributed by atoms with E-state index in [2.05, 4.69) is 16.0 Å². The van der Waals surface area contributed by atoms with E-state index < -0.39 is 53.4 Å². The van der Waals surface area contributed by atoms with Crippen LogP contribution in [-0.4, -0.2) is 71.4 Å². The number of amides is 5. The average molecular weight is 518 g/mol. The molecule has 2 rings (SSSR count). The standard InChI is InChI=1S/C26H39N5O6/c1-16(2)21(24(35)31-13-9-12-19(31)23(34)28-15-20(27)32)30-22(33)18(14-17-10-7-6-8-11-17)29-25(36)37-26(3,4)5/h6-8,10-11,16,18-19,21H,9,12-15H2,1-5H3,(H2,27,32)(H,28,34)(H,29,36)(H,30,33)/t18-,19-,21-/m0/s1. The van der Waals surface area contributed by atoms with E-state index in [1.54, 1.807) is 34.6 Å². The molecule has 1 heterocycles. The Bertz CT molecular complexity index is 975. The number of alkyl carbamates (subject to hydrolysis) is 1. The van der Waals surface area contributed by atoms with E-state index in [1.807, 2.05) is 30.3 Å². The molecule has 1 aliphatic rings. The minimum atomic E-state index is -1.00. The maximum absolute atomic E-state index is 13.5. The number of hydrogen-bond acceptors (Lipinski definition) is 6. The second-order valence-corrected chi connectivity index (χ2v) is 10.5. The molecule has 1 fully saturated rings. The fraction of sp³-hybridized carbons (Fsp3) is 0.577. The van der Waals surface area contributed by atoms with E-state index in [0.717, 1.165) is 5.56 Å². The van der Waals surface area contributed by atoms with Crippen LogP contribution in [0, 0.1) is 5.92 Å². The van der Waals surface area contributed by atoms with Crippen molar-refractivity contribution in [3.8, 4) is 0 Å². The van der Waals surface area contributed by atoms with Gasteiger partial charge < -0.3 is 31.3 Å². The summed E-state index contributed by atoms with van der Waals surface area (Å²) in [6.45, 7) is 8.76. The summed E-state index contributed by atoms with van der Waals surface area (Å²) < 4.78 is 5.33. The van der Waals surface area contributed by atoms with Crippen LogP contribution in [0.2, 0.25) is 0 Å². The Kier molecular flexibility index (Phi) is 10.5. The summed E-state index contributed by atoms with van der Waals surface area (Å²) in [5.41, 5.74) is 5.17. The Morgan fingerprint density at radius 3 is 2.30 bits per heavy atom. The maximum Gasteiger partial charge on any atom is 0.408 e. The average Bonchev–Trinajstić information content (AvgIpc) is 3.29. The molecule has 0 aliphatic carbocycles. The Morgan fingerprint density at radius 2 is 1.73 bits per heavy atom. The minimum Gasteiger partial charge on any atom is -0.444 e. The summed E-state index contributed by atoms with van der Waals surface area (Å²) in [7, 11) is 0. The second kappa shape index (κ2) is 13.1. The van der Waals surface area contributed by atoms with Crippen LogP contribution in [0.15, 0.2) is 30.3 Å². The molecule has 1 saturated heterocycles. The number of nitrogens with one attached hydrogen (secondary N) is 3. The number of nitrogens with zero attached hydrogens (tertiary/aromatic N) is 1. The molecule has 11 heteroatoms. The molecule has 1 aliphatic heterocycles. The maximum atomic E-state index is 13.5. The Morgan fingerprint density at radius 1 is 1.08 bits per heavy atom. The number of nitrogens with two attached hydrogens (primary N) is 1. The van der Waals surface area contributed by atoms with E-state index in [4.69, 9.17) is 10.5 Å². The summed E-state index contributed by atoms with van der Waals surface area (Å²) in [5.74, 6) is -2.40. The van der Waals surface area contributed by atoms with Crippen molar-refractivity contribution < 1.29 is 28.7 Å². The minimum absolute atomic E-state index is 0.187. The number of carbonyl (C=O) groups is 5. The SMILES string of the molecule is CC(C)[C@H](NC(=O)[C@H](Cc1ccccc1)NC(=O)OC(C)(C)C)C(=O)N1CCC[C@H]1C(=O)NCC(N)=O. The smallest absolute Gasteiger partial charge is 0.408 e. The van der Waals surface area contributed by atoms with Gasteiger partial charge in [0.25, 0.3) is 0 Å². The molecule has 1 aromatic carbocycles. The van der Waals surface area contributed by atoms with Gasteiger partial charge in [0, 0.05) is 13.0 Å². The fourth-order valence-electron chi connectivity index (χ4n) is 4.05. The highest BCUT2D eigenvalue weighted by Crippen LogP contribution is 2.21. The first-order valence-electron chi connectivity index (χ1n) is 12.5. The van der Waals surface area contributed by atoms with Gasteiger partial charge in [0.05, 0.1) is 6.54 Å². The van der Waals surface area contributed by atoms with Crippen molar-refractivity contribution in [3.05, 3.63) is 35.9 Å². The molecule has 5 N–H and O–H groups in total. The van der Waals surface area contributed by atoms with Crippen molar-refractivity contribution in [3.63, 3.8) is 0 Å². The molecule has 3 atom stereocenters. The molecule has 0 radical (unpaired) electrons.